The second-order valence-corrected chi connectivity index (χ2v) is 5.39. The largest absolute Gasteiger partial charge is 0.493 e. The monoisotopic (exact) mass is 279 g/mol. The van der Waals surface area contributed by atoms with E-state index in [1.54, 1.807) is 0 Å². The van der Waals surface area contributed by atoms with Gasteiger partial charge in [-0.05, 0) is 37.8 Å². The van der Waals surface area contributed by atoms with E-state index in [0.717, 1.165) is 18.1 Å². The Bertz CT molecular complexity index is 362. The second-order valence-electron chi connectivity index (χ2n) is 5.39. The smallest absolute Gasteiger partial charge is 0.123 e. The SMILES string of the molecule is CCCC(CCC)COc1cccc(O[C@@H](C)CN)c1. The van der Waals surface area contributed by atoms with Crippen LogP contribution in [-0.4, -0.2) is 19.3 Å². The summed E-state index contributed by atoms with van der Waals surface area (Å²) in [6, 6.07) is 7.83. The summed E-state index contributed by atoms with van der Waals surface area (Å²) in [4.78, 5) is 0. The summed E-state index contributed by atoms with van der Waals surface area (Å²) in [5.41, 5.74) is 5.57. The molecule has 0 aliphatic heterocycles. The molecule has 114 valence electrons. The first-order valence-corrected chi connectivity index (χ1v) is 7.79. The van der Waals surface area contributed by atoms with Gasteiger partial charge in [0.25, 0.3) is 0 Å². The fourth-order valence-corrected chi connectivity index (χ4v) is 2.26. The van der Waals surface area contributed by atoms with Gasteiger partial charge >= 0.3 is 0 Å². The summed E-state index contributed by atoms with van der Waals surface area (Å²) >= 11 is 0. The van der Waals surface area contributed by atoms with E-state index in [9.17, 15) is 0 Å². The normalized spacial score (nSPS) is 12.4. The quantitative estimate of drug-likeness (QED) is 0.704. The molecule has 0 heterocycles. The van der Waals surface area contributed by atoms with Crippen LogP contribution in [-0.2, 0) is 0 Å². The van der Waals surface area contributed by atoms with Crippen molar-refractivity contribution < 1.29 is 9.47 Å². The van der Waals surface area contributed by atoms with E-state index in [4.69, 9.17) is 15.2 Å². The number of rotatable bonds is 10. The second kappa shape index (κ2) is 9.65. The van der Waals surface area contributed by atoms with Gasteiger partial charge < -0.3 is 15.2 Å². The predicted octanol–water partition coefficient (Wildman–Crippen LogP) is 4.01. The average Bonchev–Trinajstić information content (AvgIpc) is 2.45. The van der Waals surface area contributed by atoms with Crippen molar-refractivity contribution in [2.24, 2.45) is 11.7 Å². The molecule has 20 heavy (non-hydrogen) atoms. The molecule has 0 radical (unpaired) electrons. The Labute approximate surface area is 123 Å². The fourth-order valence-electron chi connectivity index (χ4n) is 2.26. The highest BCUT2D eigenvalue weighted by atomic mass is 16.5. The van der Waals surface area contributed by atoms with Crippen LogP contribution in [0.2, 0.25) is 0 Å². The molecule has 1 atom stereocenters. The van der Waals surface area contributed by atoms with Crippen LogP contribution >= 0.6 is 0 Å². The van der Waals surface area contributed by atoms with Gasteiger partial charge in [0.05, 0.1) is 6.61 Å². The van der Waals surface area contributed by atoms with Gasteiger partial charge in [-0.25, -0.2) is 0 Å². The Balaban J connectivity index is 2.52. The van der Waals surface area contributed by atoms with Crippen molar-refractivity contribution in [3.05, 3.63) is 24.3 Å². The van der Waals surface area contributed by atoms with E-state index in [1.807, 2.05) is 31.2 Å². The third-order valence-electron chi connectivity index (χ3n) is 3.35. The van der Waals surface area contributed by atoms with Crippen LogP contribution < -0.4 is 15.2 Å². The van der Waals surface area contributed by atoms with E-state index in [2.05, 4.69) is 13.8 Å². The number of hydrogen-bond acceptors (Lipinski definition) is 3. The molecule has 0 unspecified atom stereocenters. The summed E-state index contributed by atoms with van der Waals surface area (Å²) in [6.07, 6.45) is 4.91. The molecule has 0 aromatic heterocycles. The summed E-state index contributed by atoms with van der Waals surface area (Å²) in [7, 11) is 0. The number of nitrogens with two attached hydrogens (primary N) is 1. The van der Waals surface area contributed by atoms with Gasteiger partial charge in [0.1, 0.15) is 17.6 Å². The Kier molecular flexibility index (Phi) is 8.12. The minimum absolute atomic E-state index is 0.0261. The number of ether oxygens (including phenoxy) is 2. The van der Waals surface area contributed by atoms with Crippen LogP contribution in [0.5, 0.6) is 11.5 Å². The van der Waals surface area contributed by atoms with Gasteiger partial charge in [0.2, 0.25) is 0 Å². The molecule has 3 nitrogen and oxygen atoms in total. The first-order valence-electron chi connectivity index (χ1n) is 7.79. The molecule has 1 aromatic carbocycles. The van der Waals surface area contributed by atoms with E-state index in [0.29, 0.717) is 12.5 Å². The van der Waals surface area contributed by atoms with Gasteiger partial charge in [0, 0.05) is 12.6 Å². The van der Waals surface area contributed by atoms with E-state index in [-0.39, 0.29) is 6.10 Å². The van der Waals surface area contributed by atoms with Gasteiger partial charge in [0.15, 0.2) is 0 Å². The molecule has 0 aliphatic rings. The maximum Gasteiger partial charge on any atom is 0.123 e. The van der Waals surface area contributed by atoms with Crippen LogP contribution in [0, 0.1) is 5.92 Å². The van der Waals surface area contributed by atoms with Crippen LogP contribution in [0.4, 0.5) is 0 Å². The molecule has 1 rings (SSSR count). The van der Waals surface area contributed by atoms with E-state index < -0.39 is 0 Å². The highest BCUT2D eigenvalue weighted by Crippen LogP contribution is 2.22. The molecule has 0 fully saturated rings. The molecule has 1 aromatic rings. The molecular weight excluding hydrogens is 250 g/mol. The first-order chi connectivity index (χ1) is 9.69. The Morgan fingerprint density at radius 3 is 2.35 bits per heavy atom. The third kappa shape index (κ3) is 6.29. The van der Waals surface area contributed by atoms with Crippen molar-refractivity contribution in [2.75, 3.05) is 13.2 Å². The van der Waals surface area contributed by atoms with Gasteiger partial charge in [-0.2, -0.15) is 0 Å². The van der Waals surface area contributed by atoms with Crippen LogP contribution in [0.1, 0.15) is 46.5 Å². The molecular formula is C17H29NO2. The molecule has 0 aliphatic carbocycles. The molecule has 0 amide bonds. The lowest BCUT2D eigenvalue weighted by molar-refractivity contribution is 0.218. The lowest BCUT2D eigenvalue weighted by Gasteiger charge is -2.17. The van der Waals surface area contributed by atoms with Crippen molar-refractivity contribution in [3.63, 3.8) is 0 Å². The zero-order valence-corrected chi connectivity index (χ0v) is 13.1. The molecule has 0 spiro atoms. The standard InChI is InChI=1S/C17H29NO2/c1-4-7-15(8-5-2)13-19-16-9-6-10-17(11-16)20-14(3)12-18/h6,9-11,14-15H,4-5,7-8,12-13,18H2,1-3H3/t14-/m0/s1. The highest BCUT2D eigenvalue weighted by Gasteiger charge is 2.08. The predicted molar refractivity (Wildman–Crippen MR) is 84.4 cm³/mol. The minimum atomic E-state index is 0.0261. The molecule has 2 N–H and O–H groups in total. The van der Waals surface area contributed by atoms with Crippen molar-refractivity contribution in [3.8, 4) is 11.5 Å². The summed E-state index contributed by atoms with van der Waals surface area (Å²) in [6.45, 7) is 7.72. The Morgan fingerprint density at radius 1 is 1.10 bits per heavy atom. The molecule has 3 heteroatoms. The highest BCUT2D eigenvalue weighted by molar-refractivity contribution is 5.33. The zero-order valence-electron chi connectivity index (χ0n) is 13.1. The minimum Gasteiger partial charge on any atom is -0.493 e. The average molecular weight is 279 g/mol. The molecule has 0 saturated carbocycles. The maximum absolute atomic E-state index is 5.92. The van der Waals surface area contributed by atoms with Crippen molar-refractivity contribution >= 4 is 0 Å². The van der Waals surface area contributed by atoms with E-state index >= 15 is 0 Å². The fraction of sp³-hybridized carbons (Fsp3) is 0.647. The van der Waals surface area contributed by atoms with Gasteiger partial charge in [-0.1, -0.05) is 32.8 Å². The summed E-state index contributed by atoms with van der Waals surface area (Å²) in [5, 5.41) is 0. The molecule has 0 bridgehead atoms. The lowest BCUT2D eigenvalue weighted by atomic mass is 9.99. The first kappa shape index (κ1) is 16.8. The maximum atomic E-state index is 5.92. The van der Waals surface area contributed by atoms with Crippen molar-refractivity contribution in [1.82, 2.24) is 0 Å². The van der Waals surface area contributed by atoms with Crippen LogP contribution in [0.3, 0.4) is 0 Å². The third-order valence-corrected chi connectivity index (χ3v) is 3.35. The van der Waals surface area contributed by atoms with Crippen molar-refractivity contribution in [1.29, 1.82) is 0 Å². The van der Waals surface area contributed by atoms with Gasteiger partial charge in [-0.15, -0.1) is 0 Å². The summed E-state index contributed by atoms with van der Waals surface area (Å²) in [5.74, 6) is 2.35. The number of benzene rings is 1. The lowest BCUT2D eigenvalue weighted by Crippen LogP contribution is -2.22. The topological polar surface area (TPSA) is 44.5 Å². The van der Waals surface area contributed by atoms with Crippen LogP contribution in [0.15, 0.2) is 24.3 Å². The Hall–Kier alpha value is -1.22. The van der Waals surface area contributed by atoms with Crippen molar-refractivity contribution in [2.45, 2.75) is 52.6 Å². The molecule has 0 saturated heterocycles. The van der Waals surface area contributed by atoms with Crippen LogP contribution in [0.25, 0.3) is 0 Å². The Morgan fingerprint density at radius 2 is 1.75 bits per heavy atom. The van der Waals surface area contributed by atoms with Gasteiger partial charge in [-0.3, -0.25) is 0 Å². The van der Waals surface area contributed by atoms with E-state index in [1.165, 1.54) is 25.7 Å². The zero-order chi connectivity index (χ0) is 14.8. The summed E-state index contributed by atoms with van der Waals surface area (Å²) < 4.78 is 11.6. The number of hydrogen-bond donors (Lipinski definition) is 1.